The van der Waals surface area contributed by atoms with Gasteiger partial charge in [-0.2, -0.15) is 0 Å². The molecule has 0 bridgehead atoms. The summed E-state index contributed by atoms with van der Waals surface area (Å²) in [5.74, 6) is -1.26. The molecule has 0 aromatic carbocycles. The maximum absolute atomic E-state index is 13.1. The van der Waals surface area contributed by atoms with Gasteiger partial charge in [0.15, 0.2) is 12.2 Å². The van der Waals surface area contributed by atoms with Gasteiger partial charge in [-0.25, -0.2) is 9.13 Å². The first kappa shape index (κ1) is 96.1. The Morgan fingerprint density at radius 1 is 0.286 bits per heavy atom. The lowest BCUT2D eigenvalue weighted by atomic mass is 9.99. The minimum Gasteiger partial charge on any atom is -0.462 e. The second-order valence-corrected chi connectivity index (χ2v) is 31.6. The SMILES string of the molecule is CCCCCCCCCCCCCCCCC(=O)OC[C@H](COP(=O)(O)OC[C@@H](O)COP(=O)(O)OC[C@@H](COC(=O)CCCCCCCCCCCCCC)OC(=O)CCCCCCCCCCCCCCCC)OC(=O)CCCCCCCCCCCCCCCCC(C)CC. The molecular formula is C79H154O17P2. The van der Waals surface area contributed by atoms with E-state index in [2.05, 4.69) is 34.6 Å². The van der Waals surface area contributed by atoms with Gasteiger partial charge in [-0.15, -0.1) is 0 Å². The van der Waals surface area contributed by atoms with Crippen molar-refractivity contribution in [3.8, 4) is 0 Å². The Morgan fingerprint density at radius 3 is 0.724 bits per heavy atom. The third kappa shape index (κ3) is 71.1. The summed E-state index contributed by atoms with van der Waals surface area (Å²) < 4.78 is 68.7. The third-order valence-electron chi connectivity index (χ3n) is 18.9. The molecule has 98 heavy (non-hydrogen) atoms. The van der Waals surface area contributed by atoms with Crippen molar-refractivity contribution < 1.29 is 80.2 Å². The maximum Gasteiger partial charge on any atom is 0.472 e. The smallest absolute Gasteiger partial charge is 0.462 e. The summed E-state index contributed by atoms with van der Waals surface area (Å²) in [6.45, 7) is 7.38. The molecule has 3 N–H and O–H groups in total. The molecule has 0 rings (SSSR count). The van der Waals surface area contributed by atoms with E-state index in [1.54, 1.807) is 0 Å². The molecule has 0 aromatic rings. The molecular weight excluding hydrogens is 1280 g/mol. The van der Waals surface area contributed by atoms with Crippen LogP contribution in [-0.4, -0.2) is 96.7 Å². The van der Waals surface area contributed by atoms with E-state index in [0.29, 0.717) is 25.7 Å². The molecule has 0 aliphatic heterocycles. The van der Waals surface area contributed by atoms with Crippen molar-refractivity contribution in [1.29, 1.82) is 0 Å². The molecule has 0 amide bonds. The number of hydrogen-bond acceptors (Lipinski definition) is 15. The first-order chi connectivity index (χ1) is 47.6. The van der Waals surface area contributed by atoms with Gasteiger partial charge in [0, 0.05) is 25.7 Å². The summed E-state index contributed by atoms with van der Waals surface area (Å²) in [6.07, 6.45) is 62.1. The number of carbonyl (C=O) groups excluding carboxylic acids is 4. The average molecular weight is 1440 g/mol. The number of rotatable bonds is 79. The minimum absolute atomic E-state index is 0.109. The Hall–Kier alpha value is -1.94. The first-order valence-corrected chi connectivity index (χ1v) is 44.2. The number of phosphoric ester groups is 2. The molecule has 6 atom stereocenters. The van der Waals surface area contributed by atoms with Gasteiger partial charge in [0.25, 0.3) is 0 Å². The van der Waals surface area contributed by atoms with Crippen molar-refractivity contribution in [2.45, 2.75) is 438 Å². The Labute approximate surface area is 600 Å². The standard InChI is InChI=1S/C79H154O17P2/c1-6-10-13-16-19-22-25-28-33-38-43-48-53-58-63-77(82)90-69-75(96-79(84)65-60-55-50-45-40-35-31-30-32-36-41-46-51-56-61-72(5)9-4)71-94-98(87,88)92-67-73(80)66-91-97(85,86)93-70-74(68-89-76(81)62-57-52-47-42-37-27-24-21-18-15-12-8-3)95-78(83)64-59-54-49-44-39-34-29-26-23-20-17-14-11-7-2/h72-75,80H,6-71H2,1-5H3,(H,85,86)(H,87,88)/t72?,73-,74+,75+/m0/s1. The molecule has 17 nitrogen and oxygen atoms in total. The lowest BCUT2D eigenvalue weighted by Gasteiger charge is -2.21. The Morgan fingerprint density at radius 2 is 0.490 bits per heavy atom. The number of ether oxygens (including phenoxy) is 4. The van der Waals surface area contributed by atoms with Crippen molar-refractivity contribution in [3.05, 3.63) is 0 Å². The van der Waals surface area contributed by atoms with Crippen LogP contribution in [-0.2, 0) is 65.4 Å². The Kier molecular flexibility index (Phi) is 70.6. The molecule has 0 fully saturated rings. The number of aliphatic hydroxyl groups excluding tert-OH is 1. The molecule has 0 aromatic heterocycles. The highest BCUT2D eigenvalue weighted by Crippen LogP contribution is 2.45. The second kappa shape index (κ2) is 72.0. The second-order valence-electron chi connectivity index (χ2n) is 28.7. The van der Waals surface area contributed by atoms with Crippen molar-refractivity contribution in [3.63, 3.8) is 0 Å². The third-order valence-corrected chi connectivity index (χ3v) is 20.8. The highest BCUT2D eigenvalue weighted by Gasteiger charge is 2.30. The van der Waals surface area contributed by atoms with Gasteiger partial charge < -0.3 is 33.8 Å². The van der Waals surface area contributed by atoms with Crippen LogP contribution in [0.15, 0.2) is 0 Å². The Balaban J connectivity index is 5.26. The number of unbranched alkanes of at least 4 members (excludes halogenated alkanes) is 50. The summed E-state index contributed by atoms with van der Waals surface area (Å²) in [5.41, 5.74) is 0. The highest BCUT2D eigenvalue weighted by molar-refractivity contribution is 7.47. The van der Waals surface area contributed by atoms with Gasteiger partial charge in [0.1, 0.15) is 19.3 Å². The van der Waals surface area contributed by atoms with Gasteiger partial charge in [-0.3, -0.25) is 37.3 Å². The van der Waals surface area contributed by atoms with Crippen LogP contribution in [0.25, 0.3) is 0 Å². The highest BCUT2D eigenvalue weighted by atomic mass is 31.2. The predicted octanol–water partition coefficient (Wildman–Crippen LogP) is 23.6. The van der Waals surface area contributed by atoms with E-state index in [1.807, 2.05) is 0 Å². The first-order valence-electron chi connectivity index (χ1n) is 41.2. The summed E-state index contributed by atoms with van der Waals surface area (Å²) >= 11 is 0. The fourth-order valence-electron chi connectivity index (χ4n) is 12.2. The lowest BCUT2D eigenvalue weighted by Crippen LogP contribution is -2.30. The number of esters is 4. The van der Waals surface area contributed by atoms with Gasteiger partial charge in [-0.1, -0.05) is 369 Å². The molecule has 582 valence electrons. The van der Waals surface area contributed by atoms with Crippen LogP contribution in [0.3, 0.4) is 0 Å². The summed E-state index contributed by atoms with van der Waals surface area (Å²) in [6, 6.07) is 0. The lowest BCUT2D eigenvalue weighted by molar-refractivity contribution is -0.161. The van der Waals surface area contributed by atoms with Crippen LogP contribution in [0.4, 0.5) is 0 Å². The van der Waals surface area contributed by atoms with Crippen LogP contribution in [0, 0.1) is 5.92 Å². The molecule has 0 aliphatic rings. The summed E-state index contributed by atoms with van der Waals surface area (Å²) in [4.78, 5) is 73.0. The monoisotopic (exact) mass is 1440 g/mol. The molecule has 0 saturated heterocycles. The van der Waals surface area contributed by atoms with Gasteiger partial charge in [0.05, 0.1) is 26.4 Å². The van der Waals surface area contributed by atoms with E-state index in [1.165, 1.54) is 244 Å². The summed E-state index contributed by atoms with van der Waals surface area (Å²) in [5, 5.41) is 10.6. The molecule has 0 spiro atoms. The molecule has 0 saturated carbocycles. The average Bonchev–Trinajstić information content (AvgIpc) is 0.975. The minimum atomic E-state index is -4.96. The molecule has 19 heteroatoms. The van der Waals surface area contributed by atoms with Crippen molar-refractivity contribution in [1.82, 2.24) is 0 Å². The van der Waals surface area contributed by atoms with E-state index in [4.69, 9.17) is 37.0 Å². The topological polar surface area (TPSA) is 237 Å². The fraction of sp³-hybridized carbons (Fsp3) is 0.949. The number of carbonyl (C=O) groups is 4. The largest absolute Gasteiger partial charge is 0.472 e. The quantitative estimate of drug-likeness (QED) is 0.0222. The number of hydrogen-bond donors (Lipinski definition) is 3. The van der Waals surface area contributed by atoms with E-state index in [9.17, 15) is 43.2 Å². The molecule has 0 heterocycles. The zero-order valence-electron chi connectivity index (χ0n) is 63.9. The van der Waals surface area contributed by atoms with E-state index < -0.39 is 97.5 Å². The number of aliphatic hydroxyl groups is 1. The van der Waals surface area contributed by atoms with Crippen molar-refractivity contribution in [2.24, 2.45) is 5.92 Å². The van der Waals surface area contributed by atoms with Crippen LogP contribution in [0.1, 0.15) is 420 Å². The van der Waals surface area contributed by atoms with Crippen LogP contribution >= 0.6 is 15.6 Å². The Bertz CT molecular complexity index is 1880. The zero-order valence-corrected chi connectivity index (χ0v) is 65.7. The van der Waals surface area contributed by atoms with Crippen LogP contribution < -0.4 is 0 Å². The zero-order chi connectivity index (χ0) is 71.9. The van der Waals surface area contributed by atoms with E-state index in [-0.39, 0.29) is 25.7 Å². The molecule has 0 aliphatic carbocycles. The van der Waals surface area contributed by atoms with Crippen LogP contribution in [0.2, 0.25) is 0 Å². The van der Waals surface area contributed by atoms with E-state index >= 15 is 0 Å². The molecule has 3 unspecified atom stereocenters. The van der Waals surface area contributed by atoms with Gasteiger partial charge in [-0.05, 0) is 31.6 Å². The predicted molar refractivity (Wildman–Crippen MR) is 400 cm³/mol. The molecule has 0 radical (unpaired) electrons. The van der Waals surface area contributed by atoms with Crippen molar-refractivity contribution in [2.75, 3.05) is 39.6 Å². The van der Waals surface area contributed by atoms with Crippen LogP contribution in [0.5, 0.6) is 0 Å². The number of phosphoric acid groups is 2. The van der Waals surface area contributed by atoms with Gasteiger partial charge >= 0.3 is 39.5 Å². The maximum atomic E-state index is 13.1. The van der Waals surface area contributed by atoms with E-state index in [0.717, 1.165) is 95.8 Å². The normalized spacial score (nSPS) is 14.2. The van der Waals surface area contributed by atoms with Crippen molar-refractivity contribution >= 4 is 39.5 Å². The fourth-order valence-corrected chi connectivity index (χ4v) is 13.8. The summed E-state index contributed by atoms with van der Waals surface area (Å²) in [7, 11) is -9.92. The van der Waals surface area contributed by atoms with Gasteiger partial charge in [0.2, 0.25) is 0 Å².